The molecule has 2 aromatic rings. The number of carbonyl (C=O) groups is 3. The molecule has 2 N–H and O–H groups in total. The Hall–Kier alpha value is -3.15. The molecule has 0 radical (unpaired) electrons. The number of amides is 2. The fraction of sp³-hybridized carbons (Fsp3) is 0.286. The van der Waals surface area contributed by atoms with E-state index < -0.39 is 12.0 Å². The van der Waals surface area contributed by atoms with Gasteiger partial charge in [-0.05, 0) is 42.2 Å². The highest BCUT2D eigenvalue weighted by atomic mass is 16.4. The number of nitrogens with zero attached hydrogens (tertiary/aromatic N) is 1. The van der Waals surface area contributed by atoms with E-state index in [1.54, 1.807) is 24.3 Å². The summed E-state index contributed by atoms with van der Waals surface area (Å²) in [6.07, 6.45) is 2.09. The van der Waals surface area contributed by atoms with Crippen molar-refractivity contribution in [1.29, 1.82) is 0 Å². The largest absolute Gasteiger partial charge is 0.480 e. The molecule has 1 fully saturated rings. The Morgan fingerprint density at radius 3 is 2.44 bits per heavy atom. The van der Waals surface area contributed by atoms with Crippen LogP contribution >= 0.6 is 0 Å². The molecule has 1 aliphatic heterocycles. The molecule has 1 heterocycles. The number of anilines is 1. The summed E-state index contributed by atoms with van der Waals surface area (Å²) in [5, 5.41) is 12.4. The van der Waals surface area contributed by atoms with Gasteiger partial charge in [-0.3, -0.25) is 9.59 Å². The molecule has 27 heavy (non-hydrogen) atoms. The monoisotopic (exact) mass is 364 g/mol. The number of carboxylic acid groups (broad SMARTS) is 1. The lowest BCUT2D eigenvalue weighted by Gasteiger charge is -2.34. The number of carbonyl (C=O) groups excluding carboxylic acids is 2. The van der Waals surface area contributed by atoms with Gasteiger partial charge in [-0.2, -0.15) is 0 Å². The molecule has 0 aromatic heterocycles. The molecule has 6 nitrogen and oxygen atoms in total. The van der Waals surface area contributed by atoms with Gasteiger partial charge in [-0.1, -0.05) is 30.3 Å². The van der Waals surface area contributed by atoms with Gasteiger partial charge in [0.25, 0.3) is 5.91 Å². The molecule has 1 unspecified atom stereocenters. The third kappa shape index (κ3) is 3.56. The maximum Gasteiger partial charge on any atom is 0.326 e. The third-order valence-corrected chi connectivity index (χ3v) is 5.12. The molecular formula is C21H20N2O4. The van der Waals surface area contributed by atoms with Crippen LogP contribution in [0.15, 0.2) is 48.5 Å². The molecular weight excluding hydrogens is 344 g/mol. The van der Waals surface area contributed by atoms with Crippen LogP contribution < -0.4 is 5.32 Å². The number of fused-ring (bicyclic) bond motifs is 1. The Balaban J connectivity index is 1.59. The van der Waals surface area contributed by atoms with E-state index in [1.807, 2.05) is 24.3 Å². The van der Waals surface area contributed by atoms with Crippen molar-refractivity contribution in [2.24, 2.45) is 5.92 Å². The topological polar surface area (TPSA) is 86.7 Å². The minimum Gasteiger partial charge on any atom is -0.480 e. The summed E-state index contributed by atoms with van der Waals surface area (Å²) in [7, 11) is 0. The quantitative estimate of drug-likeness (QED) is 0.873. The smallest absolute Gasteiger partial charge is 0.326 e. The van der Waals surface area contributed by atoms with Crippen LogP contribution in [0.25, 0.3) is 0 Å². The molecule has 1 aliphatic carbocycles. The van der Waals surface area contributed by atoms with E-state index in [-0.39, 0.29) is 30.7 Å². The Bertz CT molecular complexity index is 920. The molecule has 0 bridgehead atoms. The van der Waals surface area contributed by atoms with Gasteiger partial charge in [0.2, 0.25) is 5.91 Å². The van der Waals surface area contributed by atoms with Crippen LogP contribution in [-0.2, 0) is 22.6 Å². The standard InChI is InChI=1S/C21H20N2O4/c24-19(13-8-9-13)22-17-7-3-6-15(10-17)20(25)23-12-16-5-2-1-4-14(16)11-18(23)21(26)27/h1-7,10,13,18H,8-9,11-12H2,(H,22,24)(H,26,27). The van der Waals surface area contributed by atoms with Crippen molar-refractivity contribution >= 4 is 23.5 Å². The number of hydrogen-bond donors (Lipinski definition) is 2. The van der Waals surface area contributed by atoms with Gasteiger partial charge in [0, 0.05) is 30.1 Å². The fourth-order valence-corrected chi connectivity index (χ4v) is 3.44. The highest BCUT2D eigenvalue weighted by Crippen LogP contribution is 2.30. The van der Waals surface area contributed by atoms with E-state index >= 15 is 0 Å². The predicted molar refractivity (Wildman–Crippen MR) is 99.2 cm³/mol. The van der Waals surface area contributed by atoms with E-state index in [4.69, 9.17) is 0 Å². The van der Waals surface area contributed by atoms with Gasteiger partial charge in [0.15, 0.2) is 0 Å². The minimum atomic E-state index is -1.02. The molecule has 2 aliphatic rings. The zero-order valence-electron chi connectivity index (χ0n) is 14.7. The van der Waals surface area contributed by atoms with Gasteiger partial charge >= 0.3 is 5.97 Å². The second kappa shape index (κ2) is 6.87. The van der Waals surface area contributed by atoms with Gasteiger partial charge < -0.3 is 15.3 Å². The summed E-state index contributed by atoms with van der Waals surface area (Å²) >= 11 is 0. The number of aliphatic carboxylic acids is 1. The molecule has 1 atom stereocenters. The van der Waals surface area contributed by atoms with Gasteiger partial charge in [-0.15, -0.1) is 0 Å². The van der Waals surface area contributed by atoms with Crippen molar-refractivity contribution in [3.05, 3.63) is 65.2 Å². The molecule has 0 spiro atoms. The summed E-state index contributed by atoms with van der Waals surface area (Å²) in [6, 6.07) is 13.4. The van der Waals surface area contributed by atoms with Crippen LogP contribution in [0.3, 0.4) is 0 Å². The van der Waals surface area contributed by atoms with Crippen LogP contribution in [0.5, 0.6) is 0 Å². The number of carboxylic acids is 1. The normalized spacial score (nSPS) is 18.5. The number of rotatable bonds is 4. The van der Waals surface area contributed by atoms with Crippen LogP contribution in [0.2, 0.25) is 0 Å². The highest BCUT2D eigenvalue weighted by molar-refractivity contribution is 5.99. The first-order chi connectivity index (χ1) is 13.0. The van der Waals surface area contributed by atoms with E-state index in [0.29, 0.717) is 11.3 Å². The molecule has 138 valence electrons. The molecule has 6 heteroatoms. The fourth-order valence-electron chi connectivity index (χ4n) is 3.44. The summed E-state index contributed by atoms with van der Waals surface area (Å²) in [5.41, 5.74) is 2.84. The van der Waals surface area contributed by atoms with Crippen molar-refractivity contribution in [3.63, 3.8) is 0 Å². The lowest BCUT2D eigenvalue weighted by atomic mass is 9.93. The second-order valence-electron chi connectivity index (χ2n) is 7.10. The molecule has 2 amide bonds. The SMILES string of the molecule is O=C(Nc1cccc(C(=O)N2Cc3ccccc3CC2C(=O)O)c1)C1CC1. The van der Waals surface area contributed by atoms with Gasteiger partial charge in [-0.25, -0.2) is 4.79 Å². The van der Waals surface area contributed by atoms with Crippen LogP contribution in [0, 0.1) is 5.92 Å². The van der Waals surface area contributed by atoms with Crippen LogP contribution in [-0.4, -0.2) is 33.8 Å². The zero-order valence-corrected chi connectivity index (χ0v) is 14.7. The lowest BCUT2D eigenvalue weighted by molar-refractivity contribution is -0.142. The maximum atomic E-state index is 13.1. The second-order valence-corrected chi connectivity index (χ2v) is 7.10. The third-order valence-electron chi connectivity index (χ3n) is 5.12. The van der Waals surface area contributed by atoms with E-state index in [9.17, 15) is 19.5 Å². The Labute approximate surface area is 156 Å². The zero-order chi connectivity index (χ0) is 19.0. The van der Waals surface area contributed by atoms with Crippen LogP contribution in [0.1, 0.15) is 34.3 Å². The summed E-state index contributed by atoms with van der Waals surface area (Å²) in [5.74, 6) is -1.33. The summed E-state index contributed by atoms with van der Waals surface area (Å²) < 4.78 is 0. The van der Waals surface area contributed by atoms with Gasteiger partial charge in [0.05, 0.1) is 0 Å². The van der Waals surface area contributed by atoms with Gasteiger partial charge in [0.1, 0.15) is 6.04 Å². The average molecular weight is 364 g/mol. The first-order valence-electron chi connectivity index (χ1n) is 9.04. The van der Waals surface area contributed by atoms with E-state index in [1.165, 1.54) is 4.90 Å². The molecule has 1 saturated carbocycles. The van der Waals surface area contributed by atoms with E-state index in [0.717, 1.165) is 24.0 Å². The highest BCUT2D eigenvalue weighted by Gasteiger charge is 2.35. The Kier molecular flexibility index (Phi) is 4.39. The number of nitrogens with one attached hydrogen (secondary N) is 1. The first-order valence-corrected chi connectivity index (χ1v) is 9.04. The molecule has 2 aromatic carbocycles. The van der Waals surface area contributed by atoms with Crippen molar-refractivity contribution in [3.8, 4) is 0 Å². The summed E-state index contributed by atoms with van der Waals surface area (Å²) in [6.45, 7) is 0.255. The lowest BCUT2D eigenvalue weighted by Crippen LogP contribution is -2.48. The number of hydrogen-bond acceptors (Lipinski definition) is 3. The van der Waals surface area contributed by atoms with Crippen LogP contribution in [0.4, 0.5) is 5.69 Å². The first kappa shape index (κ1) is 17.3. The Morgan fingerprint density at radius 2 is 1.74 bits per heavy atom. The van der Waals surface area contributed by atoms with Crippen molar-refractivity contribution in [2.75, 3.05) is 5.32 Å². The molecule has 4 rings (SSSR count). The summed E-state index contributed by atoms with van der Waals surface area (Å²) in [4.78, 5) is 38.2. The van der Waals surface area contributed by atoms with Crippen molar-refractivity contribution < 1.29 is 19.5 Å². The Morgan fingerprint density at radius 1 is 1.00 bits per heavy atom. The van der Waals surface area contributed by atoms with Crippen molar-refractivity contribution in [2.45, 2.75) is 31.8 Å². The van der Waals surface area contributed by atoms with Crippen molar-refractivity contribution in [1.82, 2.24) is 4.90 Å². The maximum absolute atomic E-state index is 13.1. The predicted octanol–water partition coefficient (Wildman–Crippen LogP) is 2.69. The number of benzene rings is 2. The molecule has 0 saturated heterocycles. The average Bonchev–Trinajstić information content (AvgIpc) is 3.52. The van der Waals surface area contributed by atoms with E-state index in [2.05, 4.69) is 5.32 Å². The minimum absolute atomic E-state index is 0.0325.